The van der Waals surface area contributed by atoms with Crippen molar-refractivity contribution < 1.29 is 9.53 Å². The predicted octanol–water partition coefficient (Wildman–Crippen LogP) is 2.65. The number of ether oxygens (including phenoxy) is 1. The Hall–Kier alpha value is -1.71. The molecule has 0 radical (unpaired) electrons. The predicted molar refractivity (Wildman–Crippen MR) is 80.2 cm³/mol. The molecule has 110 valence electrons. The SMILES string of the molecule is CC(C)(C)NC(=O)NCCOc1ccc2c(c1)CCC2. The van der Waals surface area contributed by atoms with E-state index in [4.69, 9.17) is 4.74 Å². The molecule has 0 heterocycles. The molecule has 1 aliphatic carbocycles. The molecule has 0 aromatic heterocycles. The second-order valence-corrected chi connectivity index (χ2v) is 6.26. The van der Waals surface area contributed by atoms with Gasteiger partial charge in [-0.3, -0.25) is 0 Å². The molecule has 2 amide bonds. The number of aryl methyl sites for hydroxylation is 2. The molecule has 20 heavy (non-hydrogen) atoms. The minimum atomic E-state index is -0.217. The van der Waals surface area contributed by atoms with E-state index in [-0.39, 0.29) is 11.6 Å². The highest BCUT2D eigenvalue weighted by Crippen LogP contribution is 2.25. The van der Waals surface area contributed by atoms with E-state index >= 15 is 0 Å². The number of carbonyl (C=O) groups excluding carboxylic acids is 1. The van der Waals surface area contributed by atoms with Crippen LogP contribution in [0.5, 0.6) is 5.75 Å². The van der Waals surface area contributed by atoms with Gasteiger partial charge in [-0.1, -0.05) is 6.07 Å². The van der Waals surface area contributed by atoms with Crippen LogP contribution in [0.4, 0.5) is 4.79 Å². The van der Waals surface area contributed by atoms with Crippen LogP contribution in [0.3, 0.4) is 0 Å². The van der Waals surface area contributed by atoms with Crippen molar-refractivity contribution in [3.8, 4) is 5.75 Å². The third-order valence-corrected chi connectivity index (χ3v) is 3.21. The van der Waals surface area contributed by atoms with Gasteiger partial charge in [0.05, 0.1) is 6.54 Å². The second kappa shape index (κ2) is 6.16. The number of hydrogen-bond acceptors (Lipinski definition) is 2. The first-order chi connectivity index (χ1) is 9.44. The minimum Gasteiger partial charge on any atom is -0.492 e. The summed E-state index contributed by atoms with van der Waals surface area (Å²) in [7, 11) is 0. The van der Waals surface area contributed by atoms with Crippen molar-refractivity contribution in [1.29, 1.82) is 0 Å². The van der Waals surface area contributed by atoms with E-state index in [1.807, 2.05) is 26.8 Å². The first-order valence-electron chi connectivity index (χ1n) is 7.25. The van der Waals surface area contributed by atoms with Crippen LogP contribution in [0, 0.1) is 0 Å². The number of benzene rings is 1. The Morgan fingerprint density at radius 1 is 1.25 bits per heavy atom. The lowest BCUT2D eigenvalue weighted by atomic mass is 10.1. The topological polar surface area (TPSA) is 50.4 Å². The molecule has 2 rings (SSSR count). The molecule has 0 bridgehead atoms. The van der Waals surface area contributed by atoms with Crippen molar-refractivity contribution in [3.05, 3.63) is 29.3 Å². The largest absolute Gasteiger partial charge is 0.492 e. The minimum absolute atomic E-state index is 0.157. The molecule has 4 heteroatoms. The van der Waals surface area contributed by atoms with Crippen LogP contribution in [0.25, 0.3) is 0 Å². The molecular formula is C16H24N2O2. The van der Waals surface area contributed by atoms with E-state index < -0.39 is 0 Å². The highest BCUT2D eigenvalue weighted by molar-refractivity contribution is 5.74. The summed E-state index contributed by atoms with van der Waals surface area (Å²) in [5, 5.41) is 5.63. The van der Waals surface area contributed by atoms with Gasteiger partial charge in [0, 0.05) is 5.54 Å². The summed E-state index contributed by atoms with van der Waals surface area (Å²) in [5.41, 5.74) is 2.63. The smallest absolute Gasteiger partial charge is 0.315 e. The van der Waals surface area contributed by atoms with Crippen molar-refractivity contribution in [2.24, 2.45) is 0 Å². The number of hydrogen-bond donors (Lipinski definition) is 2. The molecule has 2 N–H and O–H groups in total. The summed E-state index contributed by atoms with van der Waals surface area (Å²) >= 11 is 0. The Morgan fingerprint density at radius 2 is 2.00 bits per heavy atom. The second-order valence-electron chi connectivity index (χ2n) is 6.26. The summed E-state index contributed by atoms with van der Waals surface area (Å²) in [6.45, 7) is 6.84. The Kier molecular flexibility index (Phi) is 4.53. The van der Waals surface area contributed by atoms with Crippen LogP contribution in [-0.2, 0) is 12.8 Å². The quantitative estimate of drug-likeness (QED) is 0.831. The average molecular weight is 276 g/mol. The van der Waals surface area contributed by atoms with E-state index in [1.54, 1.807) is 0 Å². The van der Waals surface area contributed by atoms with Crippen LogP contribution >= 0.6 is 0 Å². The van der Waals surface area contributed by atoms with Crippen molar-refractivity contribution >= 4 is 6.03 Å². The summed E-state index contributed by atoms with van der Waals surface area (Å²) in [6.07, 6.45) is 3.58. The molecule has 0 fully saturated rings. The zero-order chi connectivity index (χ0) is 14.6. The highest BCUT2D eigenvalue weighted by Gasteiger charge is 2.13. The molecule has 1 aliphatic rings. The maximum atomic E-state index is 11.5. The van der Waals surface area contributed by atoms with Gasteiger partial charge in [0.2, 0.25) is 0 Å². The molecule has 1 aromatic carbocycles. The van der Waals surface area contributed by atoms with Crippen LogP contribution in [0.2, 0.25) is 0 Å². The van der Waals surface area contributed by atoms with Gasteiger partial charge in [-0.05, 0) is 63.3 Å². The third-order valence-electron chi connectivity index (χ3n) is 3.21. The zero-order valence-electron chi connectivity index (χ0n) is 12.6. The highest BCUT2D eigenvalue weighted by atomic mass is 16.5. The molecule has 4 nitrogen and oxygen atoms in total. The summed E-state index contributed by atoms with van der Waals surface area (Å²) < 4.78 is 5.67. The van der Waals surface area contributed by atoms with E-state index in [0.29, 0.717) is 13.2 Å². The van der Waals surface area contributed by atoms with Gasteiger partial charge in [-0.25, -0.2) is 4.79 Å². The Bertz CT molecular complexity index is 478. The van der Waals surface area contributed by atoms with E-state index in [0.717, 1.165) is 12.2 Å². The number of rotatable bonds is 4. The summed E-state index contributed by atoms with van der Waals surface area (Å²) in [5.74, 6) is 0.892. The van der Waals surface area contributed by atoms with Crippen LogP contribution < -0.4 is 15.4 Å². The van der Waals surface area contributed by atoms with Crippen molar-refractivity contribution in [2.45, 2.75) is 45.6 Å². The van der Waals surface area contributed by atoms with Gasteiger partial charge in [-0.2, -0.15) is 0 Å². The Morgan fingerprint density at radius 3 is 2.75 bits per heavy atom. The van der Waals surface area contributed by atoms with Gasteiger partial charge >= 0.3 is 6.03 Å². The third kappa shape index (κ3) is 4.44. The summed E-state index contributed by atoms with van der Waals surface area (Å²) in [6, 6.07) is 6.13. The average Bonchev–Trinajstić information content (AvgIpc) is 2.79. The molecule has 0 spiro atoms. The maximum Gasteiger partial charge on any atom is 0.315 e. The molecule has 0 aliphatic heterocycles. The standard InChI is InChI=1S/C16H24N2O2/c1-16(2,3)18-15(19)17-9-10-20-14-8-7-12-5-4-6-13(12)11-14/h7-8,11H,4-6,9-10H2,1-3H3,(H2,17,18,19). The Labute approximate surface area is 120 Å². The van der Waals surface area contributed by atoms with Crippen molar-refractivity contribution in [1.82, 2.24) is 10.6 Å². The van der Waals surface area contributed by atoms with Crippen LogP contribution in [0.15, 0.2) is 18.2 Å². The number of fused-ring (bicyclic) bond motifs is 1. The molecule has 0 saturated heterocycles. The van der Waals surface area contributed by atoms with Gasteiger partial charge in [0.25, 0.3) is 0 Å². The van der Waals surface area contributed by atoms with Crippen LogP contribution in [0.1, 0.15) is 38.3 Å². The molecular weight excluding hydrogens is 252 g/mol. The Balaban J connectivity index is 1.70. The van der Waals surface area contributed by atoms with Crippen LogP contribution in [-0.4, -0.2) is 24.7 Å². The number of amides is 2. The van der Waals surface area contributed by atoms with Gasteiger partial charge < -0.3 is 15.4 Å². The van der Waals surface area contributed by atoms with Gasteiger partial charge in [0.15, 0.2) is 0 Å². The molecule has 0 atom stereocenters. The fraction of sp³-hybridized carbons (Fsp3) is 0.562. The van der Waals surface area contributed by atoms with E-state index in [2.05, 4.69) is 22.8 Å². The monoisotopic (exact) mass is 276 g/mol. The first-order valence-corrected chi connectivity index (χ1v) is 7.25. The number of nitrogens with one attached hydrogen (secondary N) is 2. The molecule has 0 saturated carbocycles. The summed E-state index contributed by atoms with van der Waals surface area (Å²) in [4.78, 5) is 11.5. The van der Waals surface area contributed by atoms with E-state index in [1.165, 1.54) is 24.0 Å². The lowest BCUT2D eigenvalue weighted by molar-refractivity contribution is 0.228. The molecule has 0 unspecified atom stereocenters. The fourth-order valence-corrected chi connectivity index (χ4v) is 2.36. The number of urea groups is 1. The first kappa shape index (κ1) is 14.7. The van der Waals surface area contributed by atoms with Gasteiger partial charge in [-0.15, -0.1) is 0 Å². The normalized spacial score (nSPS) is 13.8. The van der Waals surface area contributed by atoms with E-state index in [9.17, 15) is 4.79 Å². The van der Waals surface area contributed by atoms with Crippen molar-refractivity contribution in [2.75, 3.05) is 13.2 Å². The lowest BCUT2D eigenvalue weighted by Gasteiger charge is -2.20. The number of carbonyl (C=O) groups is 1. The maximum absolute atomic E-state index is 11.5. The van der Waals surface area contributed by atoms with Gasteiger partial charge in [0.1, 0.15) is 12.4 Å². The lowest BCUT2D eigenvalue weighted by Crippen LogP contribution is -2.47. The van der Waals surface area contributed by atoms with Crippen molar-refractivity contribution in [3.63, 3.8) is 0 Å². The fourth-order valence-electron chi connectivity index (χ4n) is 2.36. The zero-order valence-corrected chi connectivity index (χ0v) is 12.6. The molecule has 1 aromatic rings.